The molecule has 11 nitrogen and oxygen atoms in total. The van der Waals surface area contributed by atoms with Crippen LogP contribution in [0, 0.1) is 27.4 Å². The zero-order valence-corrected chi connectivity index (χ0v) is 19.0. The second-order valence-corrected chi connectivity index (χ2v) is 10.6. The molecule has 0 aromatic carbocycles. The van der Waals surface area contributed by atoms with E-state index in [1.54, 1.807) is 10.9 Å². The number of halogens is 1. The van der Waals surface area contributed by atoms with Crippen LogP contribution in [-0.4, -0.2) is 41.5 Å². The molecule has 12 heteroatoms. The molecule has 32 heavy (non-hydrogen) atoms. The lowest BCUT2D eigenvalue weighted by Crippen LogP contribution is -2.57. The third kappa shape index (κ3) is 3.31. The van der Waals surface area contributed by atoms with Gasteiger partial charge >= 0.3 is 11.8 Å². The van der Waals surface area contributed by atoms with Gasteiger partial charge in [0, 0.05) is 13.5 Å². The topological polar surface area (TPSA) is 145 Å². The minimum atomic E-state index is -1.15. The van der Waals surface area contributed by atoms with Gasteiger partial charge in [-0.2, -0.15) is 9.78 Å². The Labute approximate surface area is 191 Å². The van der Waals surface area contributed by atoms with Crippen LogP contribution in [0.15, 0.2) is 16.9 Å². The summed E-state index contributed by atoms with van der Waals surface area (Å²) in [5.41, 5.74) is -0.431. The van der Waals surface area contributed by atoms with Gasteiger partial charge in [0.2, 0.25) is 5.91 Å². The van der Waals surface area contributed by atoms with E-state index < -0.39 is 10.9 Å². The molecule has 2 atom stereocenters. The van der Waals surface area contributed by atoms with Crippen molar-refractivity contribution in [2.75, 3.05) is 5.32 Å². The highest BCUT2D eigenvalue weighted by Gasteiger charge is 2.60. The Morgan fingerprint density at radius 1 is 1.34 bits per heavy atom. The highest BCUT2D eigenvalue weighted by Crippen LogP contribution is 2.65. The van der Waals surface area contributed by atoms with Gasteiger partial charge in [-0.25, -0.2) is 4.79 Å². The van der Waals surface area contributed by atoms with Crippen molar-refractivity contribution < 1.29 is 19.6 Å². The number of carboxylic acid groups (broad SMARTS) is 1. The minimum Gasteiger partial charge on any atom is -0.476 e. The molecular weight excluding hydrogens is 484 g/mol. The fraction of sp³-hybridized carbons (Fsp3) is 0.600. The Morgan fingerprint density at radius 3 is 2.62 bits per heavy atom. The third-order valence-electron chi connectivity index (χ3n) is 7.41. The summed E-state index contributed by atoms with van der Waals surface area (Å²) in [5, 5.41) is 31.7. The van der Waals surface area contributed by atoms with Crippen molar-refractivity contribution in [3.05, 3.63) is 32.7 Å². The van der Waals surface area contributed by atoms with Crippen molar-refractivity contribution in [2.45, 2.75) is 50.5 Å². The second kappa shape index (κ2) is 7.12. The summed E-state index contributed by atoms with van der Waals surface area (Å²) < 4.78 is 3.35. The summed E-state index contributed by atoms with van der Waals surface area (Å²) in [4.78, 5) is 35.3. The zero-order valence-electron chi connectivity index (χ0n) is 17.5. The summed E-state index contributed by atoms with van der Waals surface area (Å²) in [7, 11) is 1.52. The molecule has 0 aliphatic heterocycles. The Balaban J connectivity index is 1.41. The first-order valence-electron chi connectivity index (χ1n) is 10.5. The Morgan fingerprint density at radius 2 is 2.03 bits per heavy atom. The van der Waals surface area contributed by atoms with Gasteiger partial charge in [0.25, 0.3) is 0 Å². The van der Waals surface area contributed by atoms with E-state index >= 15 is 0 Å². The fourth-order valence-corrected chi connectivity index (χ4v) is 7.32. The Bertz CT molecular complexity index is 1130. The molecular formula is C20H23BrN6O5. The van der Waals surface area contributed by atoms with Gasteiger partial charge < -0.3 is 20.5 Å². The lowest BCUT2D eigenvalue weighted by molar-refractivity contribution is -0.390. The minimum absolute atomic E-state index is 0.0611. The predicted molar refractivity (Wildman–Crippen MR) is 115 cm³/mol. The number of carboxylic acids is 1. The molecule has 170 valence electrons. The number of anilines is 1. The van der Waals surface area contributed by atoms with Crippen LogP contribution in [0.3, 0.4) is 0 Å². The first-order valence-corrected chi connectivity index (χ1v) is 11.3. The average Bonchev–Trinajstić information content (AvgIpc) is 3.23. The number of aromatic carboxylic acids is 1. The largest absolute Gasteiger partial charge is 0.476 e. The van der Waals surface area contributed by atoms with Crippen LogP contribution >= 0.6 is 15.9 Å². The summed E-state index contributed by atoms with van der Waals surface area (Å²) >= 11 is 3.26. The number of rotatable bonds is 6. The van der Waals surface area contributed by atoms with E-state index in [1.165, 1.54) is 17.9 Å². The lowest BCUT2D eigenvalue weighted by atomic mass is 9.46. The molecule has 4 aliphatic carbocycles. The van der Waals surface area contributed by atoms with Crippen LogP contribution in [0.5, 0.6) is 0 Å². The van der Waals surface area contributed by atoms with Crippen LogP contribution in [0.4, 0.5) is 11.5 Å². The van der Waals surface area contributed by atoms with Gasteiger partial charge in [-0.1, -0.05) is 0 Å². The monoisotopic (exact) mass is 506 g/mol. The van der Waals surface area contributed by atoms with Gasteiger partial charge in [0.1, 0.15) is 4.47 Å². The Kier molecular flexibility index (Phi) is 4.70. The number of hydrogen-bond acceptors (Lipinski definition) is 6. The maximum atomic E-state index is 13.0. The van der Waals surface area contributed by atoms with Crippen molar-refractivity contribution in [3.63, 3.8) is 0 Å². The average molecular weight is 507 g/mol. The number of carbonyl (C=O) groups excluding carboxylic acids is 1. The van der Waals surface area contributed by atoms with Crippen LogP contribution in [0.1, 0.15) is 55.4 Å². The molecule has 2 N–H and O–H groups in total. The molecule has 4 aliphatic rings. The molecule has 0 radical (unpaired) electrons. The SMILES string of the molecule is Cn1ncc(NC(=O)CC23CC4CC(C2)CC(n2cc(Br)c([N+](=O)[O-])n2)(C4)C3)c1C(=O)O. The lowest BCUT2D eigenvalue weighted by Gasteiger charge is -2.61. The summed E-state index contributed by atoms with van der Waals surface area (Å²) in [5.74, 6) is -0.687. The predicted octanol–water partition coefficient (Wildman–Crippen LogP) is 3.31. The fourth-order valence-electron chi connectivity index (χ4n) is 6.90. The van der Waals surface area contributed by atoms with Gasteiger partial charge in [-0.3, -0.25) is 9.48 Å². The van der Waals surface area contributed by atoms with Gasteiger partial charge in [-0.05, 0) is 76.6 Å². The first-order chi connectivity index (χ1) is 15.1. The van der Waals surface area contributed by atoms with E-state index in [0.717, 1.165) is 38.5 Å². The summed E-state index contributed by atoms with van der Waals surface area (Å²) in [6.07, 6.45) is 8.85. The van der Waals surface area contributed by atoms with Crippen LogP contribution in [0.25, 0.3) is 0 Å². The number of nitro groups is 1. The van der Waals surface area contributed by atoms with Gasteiger partial charge in [-0.15, -0.1) is 0 Å². The van der Waals surface area contributed by atoms with E-state index in [9.17, 15) is 24.8 Å². The van der Waals surface area contributed by atoms with Crippen molar-refractivity contribution in [1.29, 1.82) is 0 Å². The van der Waals surface area contributed by atoms with Crippen molar-refractivity contribution in [1.82, 2.24) is 19.6 Å². The maximum absolute atomic E-state index is 13.0. The third-order valence-corrected chi connectivity index (χ3v) is 7.97. The van der Waals surface area contributed by atoms with Gasteiger partial charge in [0.15, 0.2) is 5.69 Å². The van der Waals surface area contributed by atoms with E-state index in [0.29, 0.717) is 16.3 Å². The van der Waals surface area contributed by atoms with E-state index in [2.05, 4.69) is 31.4 Å². The van der Waals surface area contributed by atoms with Crippen molar-refractivity contribution in [2.24, 2.45) is 24.3 Å². The van der Waals surface area contributed by atoms with E-state index in [4.69, 9.17) is 0 Å². The normalized spacial score (nSPS) is 30.4. The first kappa shape index (κ1) is 21.1. The van der Waals surface area contributed by atoms with Crippen LogP contribution in [0.2, 0.25) is 0 Å². The number of aromatic nitrogens is 4. The summed E-state index contributed by atoms with van der Waals surface area (Å²) in [6.45, 7) is 0. The molecule has 2 heterocycles. The molecule has 2 aromatic rings. The van der Waals surface area contributed by atoms with Gasteiger partial charge in [0.05, 0.1) is 28.7 Å². The van der Waals surface area contributed by atoms with Crippen LogP contribution < -0.4 is 5.32 Å². The molecule has 6 rings (SSSR count). The number of carbonyl (C=O) groups is 2. The van der Waals surface area contributed by atoms with E-state index in [-0.39, 0.29) is 40.5 Å². The standard InChI is InChI=1S/C20H23BrN6O5/c1-25-16(18(29)30)14(8-22-25)23-15(28)7-19-3-11-2-12(4-19)6-20(5-11,10-19)26-9-13(21)17(24-26)27(31)32/h8-9,11-12H,2-7,10H2,1H3,(H,23,28)(H,29,30). The number of hydrogen-bond donors (Lipinski definition) is 2. The Hall–Kier alpha value is -2.76. The molecule has 0 spiro atoms. The van der Waals surface area contributed by atoms with E-state index in [1.807, 2.05) is 0 Å². The smallest absolute Gasteiger partial charge is 0.404 e. The highest BCUT2D eigenvalue weighted by atomic mass is 79.9. The molecule has 4 fully saturated rings. The number of aryl methyl sites for hydroxylation is 1. The molecule has 2 aromatic heterocycles. The number of nitrogens with one attached hydrogen (secondary N) is 1. The number of amides is 1. The molecule has 0 saturated heterocycles. The second-order valence-electron chi connectivity index (χ2n) is 9.75. The molecule has 1 amide bonds. The molecule has 4 saturated carbocycles. The zero-order chi connectivity index (χ0) is 22.8. The molecule has 2 unspecified atom stereocenters. The van der Waals surface area contributed by atoms with Crippen LogP contribution in [-0.2, 0) is 17.4 Å². The molecule has 4 bridgehead atoms. The summed E-state index contributed by atoms with van der Waals surface area (Å²) in [6, 6.07) is 0. The van der Waals surface area contributed by atoms with Crippen molar-refractivity contribution >= 4 is 39.3 Å². The quantitative estimate of drug-likeness (QED) is 0.451. The number of nitrogens with zero attached hydrogens (tertiary/aromatic N) is 5. The maximum Gasteiger partial charge on any atom is 0.404 e. The van der Waals surface area contributed by atoms with Crippen molar-refractivity contribution in [3.8, 4) is 0 Å². The highest BCUT2D eigenvalue weighted by molar-refractivity contribution is 9.10.